The highest BCUT2D eigenvalue weighted by molar-refractivity contribution is 7.92. The molecule has 0 spiro atoms. The summed E-state index contributed by atoms with van der Waals surface area (Å²) in [4.78, 5) is 13.5. The van der Waals surface area contributed by atoms with E-state index in [1.165, 1.54) is 12.1 Å². The molecule has 0 fully saturated rings. The smallest absolute Gasteiger partial charge is 0.264 e. The lowest BCUT2D eigenvalue weighted by atomic mass is 9.89. The number of para-hydroxylation sites is 2. The van der Waals surface area contributed by atoms with E-state index in [0.29, 0.717) is 24.5 Å². The van der Waals surface area contributed by atoms with E-state index >= 15 is 0 Å². The Hall–Kier alpha value is -3.52. The minimum absolute atomic E-state index is 0.0946. The molecule has 1 atom stereocenters. The van der Waals surface area contributed by atoms with E-state index in [-0.39, 0.29) is 10.9 Å². The van der Waals surface area contributed by atoms with Crippen molar-refractivity contribution in [3.63, 3.8) is 0 Å². The molecule has 1 heterocycles. The van der Waals surface area contributed by atoms with Crippen molar-refractivity contribution in [2.24, 2.45) is 0 Å². The molecule has 8 heteroatoms. The summed E-state index contributed by atoms with van der Waals surface area (Å²) in [7, 11) is -4.05. The molecule has 0 aliphatic carbocycles. The first-order chi connectivity index (χ1) is 17.1. The summed E-state index contributed by atoms with van der Waals surface area (Å²) in [6.07, 6.45) is 0.551. The summed E-state index contributed by atoms with van der Waals surface area (Å²) in [5.41, 5.74) is 1.75. The Bertz CT molecular complexity index is 1340. The lowest BCUT2D eigenvalue weighted by Crippen LogP contribution is -2.45. The van der Waals surface area contributed by atoms with E-state index < -0.39 is 28.1 Å². The van der Waals surface area contributed by atoms with E-state index in [0.717, 1.165) is 21.2 Å². The molecule has 1 aliphatic rings. The Labute approximate surface area is 213 Å². The summed E-state index contributed by atoms with van der Waals surface area (Å²) in [5.74, 6) is 0.697. The van der Waals surface area contributed by atoms with Gasteiger partial charge in [-0.2, -0.15) is 0 Å². The first kappa shape index (κ1) is 25.6. The van der Waals surface area contributed by atoms with Crippen LogP contribution in [0.2, 0.25) is 0 Å². The van der Waals surface area contributed by atoms with Crippen molar-refractivity contribution < 1.29 is 22.7 Å². The second-order valence-corrected chi connectivity index (χ2v) is 11.3. The minimum Gasteiger partial charge on any atom is -0.492 e. The Morgan fingerprint density at radius 3 is 2.50 bits per heavy atom. The van der Waals surface area contributed by atoms with Gasteiger partial charge in [-0.25, -0.2) is 8.42 Å². The Kier molecular flexibility index (Phi) is 7.26. The van der Waals surface area contributed by atoms with Crippen molar-refractivity contribution in [2.75, 3.05) is 17.5 Å². The Morgan fingerprint density at radius 2 is 1.78 bits per heavy atom. The molecule has 7 nitrogen and oxygen atoms in total. The number of nitrogens with one attached hydrogen (secondary N) is 1. The van der Waals surface area contributed by atoms with Crippen LogP contribution in [0.1, 0.15) is 44.4 Å². The number of hydrogen-bond acceptors (Lipinski definition) is 5. The molecular formula is C28H32N2O5S. The van der Waals surface area contributed by atoms with Gasteiger partial charge in [-0.05, 0) is 63.6 Å². The maximum atomic E-state index is 13.7. The maximum absolute atomic E-state index is 13.7. The van der Waals surface area contributed by atoms with Crippen molar-refractivity contribution in [3.8, 4) is 11.5 Å². The van der Waals surface area contributed by atoms with Gasteiger partial charge in [0.2, 0.25) is 5.91 Å². The van der Waals surface area contributed by atoms with Crippen LogP contribution in [0.4, 0.5) is 5.69 Å². The molecule has 1 aliphatic heterocycles. The number of amides is 1. The standard InChI is InChI=1S/C28H32N2O5S/c1-5-34-25-14-10-9-13-24(25)30(36(32,33)21-11-7-6-8-12-21)19-27(31)29-23-18-28(3,4)35-26-17-20(2)15-16-22(23)26/h6-17,23H,5,18-19H2,1-4H3,(H,29,31). The van der Waals surface area contributed by atoms with Crippen molar-refractivity contribution in [1.29, 1.82) is 0 Å². The van der Waals surface area contributed by atoms with E-state index in [1.807, 2.05) is 45.9 Å². The fraction of sp³-hybridized carbons (Fsp3) is 0.321. The second-order valence-electron chi connectivity index (χ2n) is 9.45. The van der Waals surface area contributed by atoms with Crippen LogP contribution in [0.5, 0.6) is 11.5 Å². The normalized spacial score (nSPS) is 16.4. The zero-order valence-electron chi connectivity index (χ0n) is 21.0. The third kappa shape index (κ3) is 5.49. The zero-order chi connectivity index (χ0) is 25.9. The van der Waals surface area contributed by atoms with Gasteiger partial charge >= 0.3 is 0 Å². The Balaban J connectivity index is 1.68. The second kappa shape index (κ2) is 10.2. The summed E-state index contributed by atoms with van der Waals surface area (Å²) in [6.45, 7) is 7.71. The van der Waals surface area contributed by atoms with Gasteiger partial charge in [0, 0.05) is 12.0 Å². The molecule has 0 saturated heterocycles. The average Bonchev–Trinajstić information content (AvgIpc) is 2.83. The number of fused-ring (bicyclic) bond motifs is 1. The first-order valence-corrected chi connectivity index (χ1v) is 13.4. The van der Waals surface area contributed by atoms with Crippen molar-refractivity contribution >= 4 is 21.6 Å². The van der Waals surface area contributed by atoms with Crippen LogP contribution < -0.4 is 19.1 Å². The predicted octanol–water partition coefficient (Wildman–Crippen LogP) is 5.01. The lowest BCUT2D eigenvalue weighted by Gasteiger charge is -2.38. The molecule has 1 N–H and O–H groups in total. The quantitative estimate of drug-likeness (QED) is 0.463. The molecule has 0 aromatic heterocycles. The van der Waals surface area contributed by atoms with Gasteiger partial charge in [0.05, 0.1) is 23.2 Å². The van der Waals surface area contributed by atoms with Gasteiger partial charge in [-0.3, -0.25) is 9.10 Å². The largest absolute Gasteiger partial charge is 0.492 e. The molecule has 3 aromatic carbocycles. The van der Waals surface area contributed by atoms with Gasteiger partial charge in [-0.1, -0.05) is 42.5 Å². The minimum atomic E-state index is -4.05. The van der Waals surface area contributed by atoms with Gasteiger partial charge in [0.15, 0.2) is 0 Å². The van der Waals surface area contributed by atoms with Crippen molar-refractivity contribution in [2.45, 2.75) is 50.7 Å². The Morgan fingerprint density at radius 1 is 1.08 bits per heavy atom. The molecule has 36 heavy (non-hydrogen) atoms. The predicted molar refractivity (Wildman–Crippen MR) is 140 cm³/mol. The third-order valence-corrected chi connectivity index (χ3v) is 7.79. The van der Waals surface area contributed by atoms with E-state index in [1.54, 1.807) is 42.5 Å². The van der Waals surface area contributed by atoms with Crippen LogP contribution in [0, 0.1) is 6.92 Å². The number of anilines is 1. The number of benzene rings is 3. The molecule has 1 amide bonds. The maximum Gasteiger partial charge on any atom is 0.264 e. The van der Waals surface area contributed by atoms with Crippen molar-refractivity contribution in [1.82, 2.24) is 5.32 Å². The van der Waals surface area contributed by atoms with Crippen LogP contribution in [0.3, 0.4) is 0 Å². The average molecular weight is 509 g/mol. The first-order valence-electron chi connectivity index (χ1n) is 12.0. The highest BCUT2D eigenvalue weighted by Crippen LogP contribution is 2.40. The number of carbonyl (C=O) groups excluding carboxylic acids is 1. The number of ether oxygens (including phenoxy) is 2. The monoisotopic (exact) mass is 508 g/mol. The summed E-state index contributed by atoms with van der Waals surface area (Å²) >= 11 is 0. The summed E-state index contributed by atoms with van der Waals surface area (Å²) < 4.78 is 40.4. The molecule has 3 aromatic rings. The fourth-order valence-corrected chi connectivity index (χ4v) is 5.87. The molecule has 1 unspecified atom stereocenters. The molecule has 0 saturated carbocycles. The third-order valence-electron chi connectivity index (χ3n) is 6.01. The highest BCUT2D eigenvalue weighted by atomic mass is 32.2. The molecular weight excluding hydrogens is 476 g/mol. The summed E-state index contributed by atoms with van der Waals surface area (Å²) in [5, 5.41) is 3.06. The number of hydrogen-bond donors (Lipinski definition) is 1. The topological polar surface area (TPSA) is 84.9 Å². The van der Waals surface area contributed by atoms with Gasteiger partial charge in [-0.15, -0.1) is 0 Å². The lowest BCUT2D eigenvalue weighted by molar-refractivity contribution is -0.120. The number of sulfonamides is 1. The van der Waals surface area contributed by atoms with Crippen LogP contribution in [0.25, 0.3) is 0 Å². The molecule has 0 radical (unpaired) electrons. The highest BCUT2D eigenvalue weighted by Gasteiger charge is 2.36. The van der Waals surface area contributed by atoms with Crippen LogP contribution in [-0.4, -0.2) is 33.1 Å². The van der Waals surface area contributed by atoms with E-state index in [4.69, 9.17) is 9.47 Å². The van der Waals surface area contributed by atoms with Gasteiger partial charge in [0.1, 0.15) is 23.6 Å². The number of carbonyl (C=O) groups is 1. The molecule has 4 rings (SSSR count). The van der Waals surface area contributed by atoms with E-state index in [9.17, 15) is 13.2 Å². The molecule has 0 bridgehead atoms. The van der Waals surface area contributed by atoms with Crippen LogP contribution in [0.15, 0.2) is 77.7 Å². The fourth-order valence-electron chi connectivity index (χ4n) is 4.42. The summed E-state index contributed by atoms with van der Waals surface area (Å²) in [6, 6.07) is 20.5. The van der Waals surface area contributed by atoms with Crippen LogP contribution in [-0.2, 0) is 14.8 Å². The van der Waals surface area contributed by atoms with Gasteiger partial charge < -0.3 is 14.8 Å². The molecule has 190 valence electrons. The SMILES string of the molecule is CCOc1ccccc1N(CC(=O)NC1CC(C)(C)Oc2cc(C)ccc21)S(=O)(=O)c1ccccc1. The number of nitrogens with zero attached hydrogens (tertiary/aromatic N) is 1. The van der Waals surface area contributed by atoms with Gasteiger partial charge in [0.25, 0.3) is 10.0 Å². The zero-order valence-corrected chi connectivity index (χ0v) is 21.8. The number of rotatable bonds is 8. The van der Waals surface area contributed by atoms with Crippen LogP contribution >= 0.6 is 0 Å². The van der Waals surface area contributed by atoms with E-state index in [2.05, 4.69) is 5.32 Å². The van der Waals surface area contributed by atoms with Crippen molar-refractivity contribution in [3.05, 3.63) is 83.9 Å². The number of aryl methyl sites for hydroxylation is 1.